The molecule has 1 saturated heterocycles. The summed E-state index contributed by atoms with van der Waals surface area (Å²) in [6.45, 7) is 7.27. The first kappa shape index (κ1) is 12.4. The summed E-state index contributed by atoms with van der Waals surface area (Å²) < 4.78 is 5.81. The van der Waals surface area contributed by atoms with Crippen molar-refractivity contribution in [2.75, 3.05) is 26.7 Å². The molecule has 0 unspecified atom stereocenters. The Bertz CT molecular complexity index is 367. The van der Waals surface area contributed by atoms with Gasteiger partial charge in [0.25, 0.3) is 0 Å². The molecule has 0 radical (unpaired) electrons. The SMILES string of the molecule is CC.CN1CCC2(CC1)COc1ccccc12. The lowest BCUT2D eigenvalue weighted by atomic mass is 9.74. The third-order valence-electron chi connectivity index (χ3n) is 3.91. The van der Waals surface area contributed by atoms with E-state index in [9.17, 15) is 0 Å². The largest absolute Gasteiger partial charge is 0.492 e. The van der Waals surface area contributed by atoms with Crippen LogP contribution in [0.3, 0.4) is 0 Å². The van der Waals surface area contributed by atoms with E-state index in [0.717, 1.165) is 12.4 Å². The minimum atomic E-state index is 0.323. The lowest BCUT2D eigenvalue weighted by Gasteiger charge is -2.36. The molecule has 94 valence electrons. The Morgan fingerprint density at radius 3 is 2.47 bits per heavy atom. The van der Waals surface area contributed by atoms with E-state index in [1.54, 1.807) is 0 Å². The molecule has 17 heavy (non-hydrogen) atoms. The summed E-state index contributed by atoms with van der Waals surface area (Å²) in [6, 6.07) is 8.54. The van der Waals surface area contributed by atoms with E-state index in [-0.39, 0.29) is 0 Å². The minimum Gasteiger partial charge on any atom is -0.492 e. The van der Waals surface area contributed by atoms with Crippen LogP contribution in [0.15, 0.2) is 24.3 Å². The monoisotopic (exact) mass is 233 g/mol. The van der Waals surface area contributed by atoms with Gasteiger partial charge in [0.05, 0.1) is 6.61 Å². The fourth-order valence-electron chi connectivity index (χ4n) is 2.78. The molecular formula is C15H23NO. The standard InChI is InChI=1S/C13H17NO.C2H6/c1-14-8-6-13(7-9-14)10-15-12-5-3-2-4-11(12)13;1-2/h2-5H,6-10H2,1H3;1-2H3. The third kappa shape index (κ3) is 2.19. The van der Waals surface area contributed by atoms with Gasteiger partial charge in [-0.2, -0.15) is 0 Å². The lowest BCUT2D eigenvalue weighted by Crippen LogP contribution is -2.41. The number of rotatable bonds is 0. The Morgan fingerprint density at radius 2 is 1.76 bits per heavy atom. The van der Waals surface area contributed by atoms with E-state index >= 15 is 0 Å². The van der Waals surface area contributed by atoms with Crippen LogP contribution in [0.4, 0.5) is 0 Å². The molecule has 0 saturated carbocycles. The van der Waals surface area contributed by atoms with Gasteiger partial charge < -0.3 is 9.64 Å². The highest BCUT2D eigenvalue weighted by atomic mass is 16.5. The second kappa shape index (κ2) is 5.09. The topological polar surface area (TPSA) is 12.5 Å². The van der Waals surface area contributed by atoms with Crippen molar-refractivity contribution in [2.24, 2.45) is 0 Å². The second-order valence-corrected chi connectivity index (χ2v) is 4.87. The van der Waals surface area contributed by atoms with Crippen LogP contribution in [0.5, 0.6) is 5.75 Å². The molecule has 0 aromatic heterocycles. The van der Waals surface area contributed by atoms with Crippen LogP contribution in [0, 0.1) is 0 Å². The average molecular weight is 233 g/mol. The predicted octanol–water partition coefficient (Wildman–Crippen LogP) is 3.07. The predicted molar refractivity (Wildman–Crippen MR) is 71.7 cm³/mol. The van der Waals surface area contributed by atoms with Crippen molar-refractivity contribution >= 4 is 0 Å². The normalized spacial score (nSPS) is 21.4. The number of hydrogen-bond donors (Lipinski definition) is 0. The van der Waals surface area contributed by atoms with E-state index in [4.69, 9.17) is 4.74 Å². The Balaban J connectivity index is 0.000000514. The fraction of sp³-hybridized carbons (Fsp3) is 0.600. The average Bonchev–Trinajstić information content (AvgIpc) is 2.76. The van der Waals surface area contributed by atoms with Gasteiger partial charge in [-0.1, -0.05) is 32.0 Å². The molecule has 0 bridgehead atoms. The van der Waals surface area contributed by atoms with E-state index < -0.39 is 0 Å². The zero-order valence-electron chi connectivity index (χ0n) is 11.2. The van der Waals surface area contributed by atoms with Crippen LogP contribution in [-0.4, -0.2) is 31.6 Å². The van der Waals surface area contributed by atoms with Crippen LogP contribution in [-0.2, 0) is 5.41 Å². The van der Waals surface area contributed by atoms with Crippen LogP contribution in [0.1, 0.15) is 32.3 Å². The summed E-state index contributed by atoms with van der Waals surface area (Å²) in [5.41, 5.74) is 1.77. The molecule has 1 aromatic carbocycles. The van der Waals surface area contributed by atoms with Gasteiger partial charge in [-0.05, 0) is 39.0 Å². The highest BCUT2D eigenvalue weighted by Crippen LogP contribution is 2.44. The first-order valence-corrected chi connectivity index (χ1v) is 6.71. The number of fused-ring (bicyclic) bond motifs is 2. The van der Waals surface area contributed by atoms with Gasteiger partial charge in [0.15, 0.2) is 0 Å². The summed E-state index contributed by atoms with van der Waals surface area (Å²) >= 11 is 0. The summed E-state index contributed by atoms with van der Waals surface area (Å²) in [7, 11) is 2.20. The smallest absolute Gasteiger partial charge is 0.123 e. The van der Waals surface area contributed by atoms with Gasteiger partial charge in [0, 0.05) is 11.0 Å². The van der Waals surface area contributed by atoms with Crippen LogP contribution >= 0.6 is 0 Å². The van der Waals surface area contributed by atoms with Gasteiger partial charge in [0.1, 0.15) is 5.75 Å². The van der Waals surface area contributed by atoms with Crippen LogP contribution < -0.4 is 4.74 Å². The Morgan fingerprint density at radius 1 is 1.12 bits per heavy atom. The first-order chi connectivity index (χ1) is 8.30. The van der Waals surface area contributed by atoms with E-state index in [1.165, 1.54) is 31.5 Å². The summed E-state index contributed by atoms with van der Waals surface area (Å²) in [6.07, 6.45) is 2.47. The maximum atomic E-state index is 5.81. The molecule has 2 nitrogen and oxygen atoms in total. The molecule has 2 heterocycles. The minimum absolute atomic E-state index is 0.323. The molecule has 0 amide bonds. The Kier molecular flexibility index (Phi) is 3.72. The lowest BCUT2D eigenvalue weighted by molar-refractivity contribution is 0.155. The molecule has 2 aliphatic rings. The number of likely N-dealkylation sites (tertiary alicyclic amines) is 1. The fourth-order valence-corrected chi connectivity index (χ4v) is 2.78. The summed E-state index contributed by atoms with van der Waals surface area (Å²) in [5.74, 6) is 1.11. The molecular weight excluding hydrogens is 210 g/mol. The van der Waals surface area contributed by atoms with E-state index in [1.807, 2.05) is 13.8 Å². The maximum absolute atomic E-state index is 5.81. The number of benzene rings is 1. The van der Waals surface area contributed by atoms with Crippen molar-refractivity contribution in [3.05, 3.63) is 29.8 Å². The molecule has 0 atom stereocenters. The Hall–Kier alpha value is -1.02. The van der Waals surface area contributed by atoms with Gasteiger partial charge in [0.2, 0.25) is 0 Å². The van der Waals surface area contributed by atoms with E-state index in [0.29, 0.717) is 5.41 Å². The quantitative estimate of drug-likeness (QED) is 0.683. The molecule has 1 fully saturated rings. The first-order valence-electron chi connectivity index (χ1n) is 6.71. The molecule has 0 aliphatic carbocycles. The molecule has 3 rings (SSSR count). The molecule has 1 aromatic rings. The molecule has 2 heteroatoms. The summed E-state index contributed by atoms with van der Waals surface area (Å²) in [4.78, 5) is 2.41. The van der Waals surface area contributed by atoms with Crippen molar-refractivity contribution in [3.63, 3.8) is 0 Å². The van der Waals surface area contributed by atoms with Gasteiger partial charge in [-0.25, -0.2) is 0 Å². The molecule has 1 spiro atoms. The highest BCUT2D eigenvalue weighted by molar-refractivity contribution is 5.43. The van der Waals surface area contributed by atoms with Crippen molar-refractivity contribution in [1.82, 2.24) is 4.90 Å². The summed E-state index contributed by atoms with van der Waals surface area (Å²) in [5, 5.41) is 0. The number of hydrogen-bond acceptors (Lipinski definition) is 2. The van der Waals surface area contributed by atoms with Crippen LogP contribution in [0.2, 0.25) is 0 Å². The molecule has 0 N–H and O–H groups in total. The number of ether oxygens (including phenoxy) is 1. The van der Waals surface area contributed by atoms with Crippen molar-refractivity contribution in [3.8, 4) is 5.75 Å². The molecule has 2 aliphatic heterocycles. The van der Waals surface area contributed by atoms with E-state index in [2.05, 4.69) is 36.2 Å². The van der Waals surface area contributed by atoms with Crippen LogP contribution in [0.25, 0.3) is 0 Å². The maximum Gasteiger partial charge on any atom is 0.123 e. The highest BCUT2D eigenvalue weighted by Gasteiger charge is 2.42. The second-order valence-electron chi connectivity index (χ2n) is 4.87. The third-order valence-corrected chi connectivity index (χ3v) is 3.91. The number of piperidine rings is 1. The number of para-hydroxylation sites is 1. The van der Waals surface area contributed by atoms with Gasteiger partial charge in [-0.15, -0.1) is 0 Å². The van der Waals surface area contributed by atoms with Crippen molar-refractivity contribution in [2.45, 2.75) is 32.1 Å². The number of nitrogens with zero attached hydrogens (tertiary/aromatic N) is 1. The van der Waals surface area contributed by atoms with Gasteiger partial charge >= 0.3 is 0 Å². The zero-order valence-corrected chi connectivity index (χ0v) is 11.2. The van der Waals surface area contributed by atoms with Crippen molar-refractivity contribution < 1.29 is 4.74 Å². The Labute approximate surface area is 105 Å². The van der Waals surface area contributed by atoms with Crippen molar-refractivity contribution in [1.29, 1.82) is 0 Å². The van der Waals surface area contributed by atoms with Gasteiger partial charge in [-0.3, -0.25) is 0 Å². The zero-order chi connectivity index (χ0) is 12.3.